The number of nitrogens with two attached hydrogens (primary N) is 1. The molecular formula is C12H19N3OS. The summed E-state index contributed by atoms with van der Waals surface area (Å²) in [5.41, 5.74) is 7.41. The molecule has 2 fully saturated rings. The van der Waals surface area contributed by atoms with Crippen molar-refractivity contribution in [2.24, 2.45) is 11.7 Å². The molecule has 2 N–H and O–H groups in total. The van der Waals surface area contributed by atoms with E-state index in [1.165, 1.54) is 37.4 Å². The Morgan fingerprint density at radius 3 is 3.00 bits per heavy atom. The molecule has 94 valence electrons. The summed E-state index contributed by atoms with van der Waals surface area (Å²) in [4.78, 5) is 0. The Kier molecular flexibility index (Phi) is 3.15. The van der Waals surface area contributed by atoms with Gasteiger partial charge in [0.15, 0.2) is 0 Å². The van der Waals surface area contributed by atoms with E-state index in [1.807, 2.05) is 6.20 Å². The SMILES string of the molecule is NC(c1cnsn1)C1CCOC2(CCCC2)C1. The van der Waals surface area contributed by atoms with Gasteiger partial charge in [0.05, 0.1) is 35.3 Å². The highest BCUT2D eigenvalue weighted by Gasteiger charge is 2.41. The van der Waals surface area contributed by atoms with Crippen molar-refractivity contribution in [2.75, 3.05) is 6.61 Å². The van der Waals surface area contributed by atoms with E-state index in [0.29, 0.717) is 5.92 Å². The van der Waals surface area contributed by atoms with Crippen LogP contribution in [0.2, 0.25) is 0 Å². The standard InChI is InChI=1S/C12H19N3OS/c13-11(10-8-14-17-15-10)9-3-6-16-12(7-9)4-1-2-5-12/h8-9,11H,1-7,13H2. The second kappa shape index (κ2) is 4.63. The molecule has 0 amide bonds. The van der Waals surface area contributed by atoms with Gasteiger partial charge in [-0.3, -0.25) is 0 Å². The van der Waals surface area contributed by atoms with E-state index in [9.17, 15) is 0 Å². The molecule has 0 bridgehead atoms. The molecule has 0 aromatic carbocycles. The monoisotopic (exact) mass is 253 g/mol. The number of hydrogen-bond donors (Lipinski definition) is 1. The highest BCUT2D eigenvalue weighted by molar-refractivity contribution is 6.99. The Labute approximate surface area is 106 Å². The normalized spacial score (nSPS) is 29.6. The maximum atomic E-state index is 6.31. The first kappa shape index (κ1) is 11.6. The average molecular weight is 253 g/mol. The van der Waals surface area contributed by atoms with Crippen molar-refractivity contribution in [2.45, 2.75) is 50.2 Å². The lowest BCUT2D eigenvalue weighted by Crippen LogP contribution is -2.40. The van der Waals surface area contributed by atoms with Gasteiger partial charge in [0.2, 0.25) is 0 Å². The fourth-order valence-corrected chi connectivity index (χ4v) is 3.77. The van der Waals surface area contributed by atoms with Gasteiger partial charge in [-0.1, -0.05) is 12.8 Å². The smallest absolute Gasteiger partial charge is 0.0912 e. The minimum absolute atomic E-state index is 0.0372. The zero-order chi connectivity index (χ0) is 11.7. The van der Waals surface area contributed by atoms with Crippen molar-refractivity contribution in [3.8, 4) is 0 Å². The van der Waals surface area contributed by atoms with E-state index in [-0.39, 0.29) is 11.6 Å². The summed E-state index contributed by atoms with van der Waals surface area (Å²) >= 11 is 1.24. The van der Waals surface area contributed by atoms with Gasteiger partial charge in [-0.2, -0.15) is 8.75 Å². The minimum atomic E-state index is 0.0372. The molecule has 1 spiro atoms. The van der Waals surface area contributed by atoms with Crippen LogP contribution in [0.15, 0.2) is 6.20 Å². The van der Waals surface area contributed by atoms with Crippen LogP contribution in [-0.2, 0) is 4.74 Å². The van der Waals surface area contributed by atoms with Crippen LogP contribution >= 0.6 is 11.7 Å². The van der Waals surface area contributed by atoms with E-state index in [2.05, 4.69) is 8.75 Å². The summed E-state index contributed by atoms with van der Waals surface area (Å²) in [6.45, 7) is 0.857. The molecule has 2 unspecified atom stereocenters. The van der Waals surface area contributed by atoms with Crippen LogP contribution in [0.5, 0.6) is 0 Å². The maximum absolute atomic E-state index is 6.31. The number of rotatable bonds is 2. The third-order valence-corrected chi connectivity index (χ3v) is 4.77. The molecule has 1 aromatic heterocycles. The molecule has 4 nitrogen and oxygen atoms in total. The van der Waals surface area contributed by atoms with Gasteiger partial charge in [0.1, 0.15) is 0 Å². The third-order valence-electron chi connectivity index (χ3n) is 4.27. The van der Waals surface area contributed by atoms with Crippen molar-refractivity contribution in [3.63, 3.8) is 0 Å². The predicted octanol–water partition coefficient (Wildman–Crippen LogP) is 2.28. The molecular weight excluding hydrogens is 234 g/mol. The van der Waals surface area contributed by atoms with Crippen LogP contribution in [0.4, 0.5) is 0 Å². The van der Waals surface area contributed by atoms with Crippen LogP contribution in [0.1, 0.15) is 50.3 Å². The number of hydrogen-bond acceptors (Lipinski definition) is 5. The fraction of sp³-hybridized carbons (Fsp3) is 0.833. The van der Waals surface area contributed by atoms with Gasteiger partial charge in [0.25, 0.3) is 0 Å². The van der Waals surface area contributed by atoms with Gasteiger partial charge < -0.3 is 10.5 Å². The van der Waals surface area contributed by atoms with Crippen molar-refractivity contribution >= 4 is 11.7 Å². The zero-order valence-corrected chi connectivity index (χ0v) is 10.8. The largest absolute Gasteiger partial charge is 0.375 e. The van der Waals surface area contributed by atoms with E-state index < -0.39 is 0 Å². The molecule has 5 heteroatoms. The van der Waals surface area contributed by atoms with Gasteiger partial charge >= 0.3 is 0 Å². The predicted molar refractivity (Wildman–Crippen MR) is 66.7 cm³/mol. The van der Waals surface area contributed by atoms with Gasteiger partial charge in [0, 0.05) is 6.61 Å². The van der Waals surface area contributed by atoms with Crippen LogP contribution in [0, 0.1) is 5.92 Å². The molecule has 17 heavy (non-hydrogen) atoms. The number of aromatic nitrogens is 2. The molecule has 2 aliphatic rings. The van der Waals surface area contributed by atoms with Gasteiger partial charge in [-0.05, 0) is 31.6 Å². The van der Waals surface area contributed by atoms with Gasteiger partial charge in [-0.25, -0.2) is 0 Å². The molecule has 0 radical (unpaired) electrons. The Bertz CT molecular complexity index is 362. The van der Waals surface area contributed by atoms with Gasteiger partial charge in [-0.15, -0.1) is 0 Å². The number of ether oxygens (including phenoxy) is 1. The van der Waals surface area contributed by atoms with Crippen molar-refractivity contribution in [1.29, 1.82) is 0 Å². The topological polar surface area (TPSA) is 61.0 Å². The van der Waals surface area contributed by atoms with E-state index in [4.69, 9.17) is 10.5 Å². The van der Waals surface area contributed by atoms with Crippen LogP contribution in [0.25, 0.3) is 0 Å². The van der Waals surface area contributed by atoms with Crippen molar-refractivity contribution in [3.05, 3.63) is 11.9 Å². The molecule has 2 atom stereocenters. The summed E-state index contributed by atoms with van der Waals surface area (Å²) in [5.74, 6) is 0.505. The van der Waals surface area contributed by atoms with Crippen molar-refractivity contribution in [1.82, 2.24) is 8.75 Å². The molecule has 1 saturated carbocycles. The molecule has 1 aromatic rings. The Balaban J connectivity index is 1.71. The Morgan fingerprint density at radius 2 is 2.29 bits per heavy atom. The first-order valence-electron chi connectivity index (χ1n) is 6.46. The lowest BCUT2D eigenvalue weighted by atomic mass is 9.80. The lowest BCUT2D eigenvalue weighted by molar-refractivity contribution is -0.0965. The second-order valence-corrected chi connectivity index (χ2v) is 5.91. The fourth-order valence-electron chi connectivity index (χ4n) is 3.30. The summed E-state index contributed by atoms with van der Waals surface area (Å²) < 4.78 is 14.4. The number of nitrogens with zero attached hydrogens (tertiary/aromatic N) is 2. The third kappa shape index (κ3) is 2.23. The highest BCUT2D eigenvalue weighted by Crippen LogP contribution is 2.44. The van der Waals surface area contributed by atoms with E-state index in [1.54, 1.807) is 0 Å². The minimum Gasteiger partial charge on any atom is -0.375 e. The Morgan fingerprint density at radius 1 is 1.47 bits per heavy atom. The quantitative estimate of drug-likeness (QED) is 0.878. The molecule has 1 aliphatic carbocycles. The van der Waals surface area contributed by atoms with Crippen molar-refractivity contribution < 1.29 is 4.74 Å². The summed E-state index contributed by atoms with van der Waals surface area (Å²) in [6.07, 6.45) is 9.01. The second-order valence-electron chi connectivity index (χ2n) is 5.35. The summed E-state index contributed by atoms with van der Waals surface area (Å²) in [6, 6.07) is 0.0372. The molecule has 2 heterocycles. The molecule has 3 rings (SSSR count). The summed E-state index contributed by atoms with van der Waals surface area (Å²) in [5, 5.41) is 0. The Hall–Kier alpha value is -0.520. The first-order valence-corrected chi connectivity index (χ1v) is 7.19. The van der Waals surface area contributed by atoms with E-state index in [0.717, 1.165) is 25.1 Å². The molecule has 1 aliphatic heterocycles. The lowest BCUT2D eigenvalue weighted by Gasteiger charge is -2.40. The van der Waals surface area contributed by atoms with E-state index >= 15 is 0 Å². The van der Waals surface area contributed by atoms with Crippen LogP contribution in [-0.4, -0.2) is 21.0 Å². The first-order chi connectivity index (χ1) is 8.29. The summed E-state index contributed by atoms with van der Waals surface area (Å²) in [7, 11) is 0. The molecule has 1 saturated heterocycles. The van der Waals surface area contributed by atoms with Crippen LogP contribution in [0.3, 0.4) is 0 Å². The average Bonchev–Trinajstić information content (AvgIpc) is 3.00. The highest BCUT2D eigenvalue weighted by atomic mass is 32.1. The zero-order valence-electron chi connectivity index (χ0n) is 9.97. The maximum Gasteiger partial charge on any atom is 0.0912 e. The van der Waals surface area contributed by atoms with Crippen LogP contribution < -0.4 is 5.73 Å².